The minimum Gasteiger partial charge on any atom is -0.354 e. The predicted octanol–water partition coefficient (Wildman–Crippen LogP) is 2.60. The molecule has 0 saturated carbocycles. The number of rotatable bonds is 8. The zero-order chi connectivity index (χ0) is 23.1. The minimum atomic E-state index is -3.55. The van der Waals surface area contributed by atoms with Gasteiger partial charge in [0.15, 0.2) is 0 Å². The highest BCUT2D eigenvalue weighted by atomic mass is 35.5. The van der Waals surface area contributed by atoms with E-state index in [1.165, 1.54) is 4.31 Å². The molecule has 0 spiro atoms. The van der Waals surface area contributed by atoms with Crippen molar-refractivity contribution in [2.45, 2.75) is 37.1 Å². The van der Waals surface area contributed by atoms with Crippen LogP contribution in [0.4, 0.5) is 0 Å². The minimum absolute atomic E-state index is 0.220. The molecule has 0 bridgehead atoms. The number of hydrogen-bond acceptors (Lipinski definition) is 4. The Morgan fingerprint density at radius 1 is 1.06 bits per heavy atom. The van der Waals surface area contributed by atoms with E-state index in [9.17, 15) is 18.0 Å². The molecule has 1 unspecified atom stereocenters. The smallest absolute Gasteiger partial charge is 0.243 e. The Kier molecular flexibility index (Phi) is 8.28. The highest BCUT2D eigenvalue weighted by Crippen LogP contribution is 2.24. The monoisotopic (exact) mass is 477 g/mol. The van der Waals surface area contributed by atoms with Gasteiger partial charge in [-0.1, -0.05) is 41.9 Å². The second-order valence-corrected chi connectivity index (χ2v) is 10.3. The standard InChI is InChI=1S/C23H28ClN3O4S/c1-17(22(28)25-14-11-18-7-9-20(24)10-8-18)26-23(29)19-12-15-27(16-13-19)32(30,31)21-5-3-2-4-6-21/h2-10,17,19H,11-16H2,1H3,(H,25,28)(H,26,29). The van der Waals surface area contributed by atoms with E-state index in [2.05, 4.69) is 10.6 Å². The summed E-state index contributed by atoms with van der Waals surface area (Å²) < 4.78 is 26.8. The molecule has 1 atom stereocenters. The molecule has 1 fully saturated rings. The second-order valence-electron chi connectivity index (χ2n) is 7.89. The number of carbonyl (C=O) groups excluding carboxylic acids is 2. The zero-order valence-electron chi connectivity index (χ0n) is 18.0. The molecule has 2 N–H and O–H groups in total. The first kappa shape index (κ1) is 24.2. The van der Waals surface area contributed by atoms with E-state index in [0.29, 0.717) is 30.8 Å². The maximum atomic E-state index is 12.7. The third-order valence-electron chi connectivity index (χ3n) is 5.58. The average molecular weight is 478 g/mol. The van der Waals surface area contributed by atoms with E-state index in [4.69, 9.17) is 11.6 Å². The number of nitrogens with one attached hydrogen (secondary N) is 2. The van der Waals surface area contributed by atoms with Crippen LogP contribution in [0, 0.1) is 5.92 Å². The molecule has 3 rings (SSSR count). The van der Waals surface area contributed by atoms with Crippen molar-refractivity contribution in [3.63, 3.8) is 0 Å². The lowest BCUT2D eigenvalue weighted by Crippen LogP contribution is -2.49. The van der Waals surface area contributed by atoms with Crippen LogP contribution in [0.5, 0.6) is 0 Å². The van der Waals surface area contributed by atoms with Crippen LogP contribution < -0.4 is 10.6 Å². The molecule has 7 nitrogen and oxygen atoms in total. The summed E-state index contributed by atoms with van der Waals surface area (Å²) in [6.07, 6.45) is 1.50. The Morgan fingerprint density at radius 2 is 1.69 bits per heavy atom. The van der Waals surface area contributed by atoms with Crippen molar-refractivity contribution in [2.75, 3.05) is 19.6 Å². The maximum absolute atomic E-state index is 12.7. The Balaban J connectivity index is 1.42. The maximum Gasteiger partial charge on any atom is 0.243 e. The van der Waals surface area contributed by atoms with Gasteiger partial charge in [-0.05, 0) is 56.0 Å². The summed E-state index contributed by atoms with van der Waals surface area (Å²) in [5.41, 5.74) is 1.06. The van der Waals surface area contributed by atoms with Crippen LogP contribution in [0.15, 0.2) is 59.5 Å². The summed E-state index contributed by atoms with van der Waals surface area (Å²) in [5.74, 6) is -0.792. The van der Waals surface area contributed by atoms with E-state index in [-0.39, 0.29) is 35.7 Å². The lowest BCUT2D eigenvalue weighted by Gasteiger charge is -2.31. The van der Waals surface area contributed by atoms with Gasteiger partial charge in [0.1, 0.15) is 6.04 Å². The van der Waals surface area contributed by atoms with Crippen LogP contribution in [-0.2, 0) is 26.0 Å². The van der Waals surface area contributed by atoms with E-state index in [0.717, 1.165) is 5.56 Å². The average Bonchev–Trinajstić information content (AvgIpc) is 2.81. The molecule has 2 aromatic carbocycles. The quantitative estimate of drug-likeness (QED) is 0.611. The van der Waals surface area contributed by atoms with Crippen LogP contribution in [-0.4, -0.2) is 50.2 Å². The Hall–Kier alpha value is -2.42. The molecule has 1 saturated heterocycles. The van der Waals surface area contributed by atoms with Crippen molar-refractivity contribution >= 4 is 33.4 Å². The van der Waals surface area contributed by atoms with Gasteiger partial charge < -0.3 is 10.6 Å². The van der Waals surface area contributed by atoms with Crippen molar-refractivity contribution < 1.29 is 18.0 Å². The Bertz CT molecular complexity index is 1020. The largest absolute Gasteiger partial charge is 0.354 e. The molecule has 172 valence electrons. The first-order valence-electron chi connectivity index (χ1n) is 10.6. The fourth-order valence-electron chi connectivity index (χ4n) is 3.63. The van der Waals surface area contributed by atoms with E-state index in [1.807, 2.05) is 12.1 Å². The number of benzene rings is 2. The summed E-state index contributed by atoms with van der Waals surface area (Å²) in [6, 6.07) is 15.0. The predicted molar refractivity (Wildman–Crippen MR) is 124 cm³/mol. The van der Waals surface area contributed by atoms with Gasteiger partial charge in [-0.15, -0.1) is 0 Å². The molecule has 2 amide bonds. The first-order valence-corrected chi connectivity index (χ1v) is 12.5. The van der Waals surface area contributed by atoms with Gasteiger partial charge in [-0.25, -0.2) is 8.42 Å². The van der Waals surface area contributed by atoms with E-state index in [1.54, 1.807) is 49.4 Å². The van der Waals surface area contributed by atoms with Crippen LogP contribution in [0.2, 0.25) is 5.02 Å². The summed E-state index contributed by atoms with van der Waals surface area (Å²) in [6.45, 7) is 2.65. The number of amides is 2. The Morgan fingerprint density at radius 3 is 2.31 bits per heavy atom. The molecule has 0 aliphatic carbocycles. The fraction of sp³-hybridized carbons (Fsp3) is 0.391. The van der Waals surface area contributed by atoms with Crippen LogP contribution in [0.1, 0.15) is 25.3 Å². The molecule has 1 heterocycles. The summed E-state index contributed by atoms with van der Waals surface area (Å²) in [4.78, 5) is 25.2. The fourth-order valence-corrected chi connectivity index (χ4v) is 5.25. The molecule has 0 aromatic heterocycles. The van der Waals surface area contributed by atoms with Gasteiger partial charge in [-0.3, -0.25) is 9.59 Å². The van der Waals surface area contributed by atoms with Crippen molar-refractivity contribution in [3.8, 4) is 0 Å². The molecular weight excluding hydrogens is 450 g/mol. The van der Waals surface area contributed by atoms with Crippen LogP contribution in [0.3, 0.4) is 0 Å². The normalized spacial score (nSPS) is 16.3. The third-order valence-corrected chi connectivity index (χ3v) is 7.75. The summed E-state index contributed by atoms with van der Waals surface area (Å²) >= 11 is 5.87. The van der Waals surface area contributed by atoms with Crippen molar-refractivity contribution in [2.24, 2.45) is 5.92 Å². The van der Waals surface area contributed by atoms with Crippen LogP contribution >= 0.6 is 11.6 Å². The Labute approximate surface area is 194 Å². The molecular formula is C23H28ClN3O4S. The second kappa shape index (κ2) is 10.9. The number of halogens is 1. The summed E-state index contributed by atoms with van der Waals surface area (Å²) in [7, 11) is -3.55. The lowest BCUT2D eigenvalue weighted by molar-refractivity contribution is -0.131. The molecule has 32 heavy (non-hydrogen) atoms. The highest BCUT2D eigenvalue weighted by molar-refractivity contribution is 7.89. The van der Waals surface area contributed by atoms with Gasteiger partial charge in [0.25, 0.3) is 0 Å². The molecule has 9 heteroatoms. The number of carbonyl (C=O) groups is 2. The third kappa shape index (κ3) is 6.31. The van der Waals surface area contributed by atoms with E-state index < -0.39 is 16.1 Å². The van der Waals surface area contributed by atoms with Gasteiger partial charge in [0.05, 0.1) is 4.90 Å². The van der Waals surface area contributed by atoms with Gasteiger partial charge in [-0.2, -0.15) is 4.31 Å². The van der Waals surface area contributed by atoms with Crippen molar-refractivity contribution in [1.29, 1.82) is 0 Å². The van der Waals surface area contributed by atoms with Gasteiger partial charge in [0, 0.05) is 30.6 Å². The first-order chi connectivity index (χ1) is 15.3. The van der Waals surface area contributed by atoms with Gasteiger partial charge in [0.2, 0.25) is 21.8 Å². The SMILES string of the molecule is CC(NC(=O)C1CCN(S(=O)(=O)c2ccccc2)CC1)C(=O)NCCc1ccc(Cl)cc1. The van der Waals surface area contributed by atoms with E-state index >= 15 is 0 Å². The van der Waals surface area contributed by atoms with Crippen molar-refractivity contribution in [1.82, 2.24) is 14.9 Å². The number of piperidine rings is 1. The molecule has 1 aliphatic rings. The zero-order valence-corrected chi connectivity index (χ0v) is 19.5. The molecule has 2 aromatic rings. The number of hydrogen-bond donors (Lipinski definition) is 2. The molecule has 1 aliphatic heterocycles. The highest BCUT2D eigenvalue weighted by Gasteiger charge is 2.32. The van der Waals surface area contributed by atoms with Gasteiger partial charge >= 0.3 is 0 Å². The molecule has 0 radical (unpaired) electrons. The number of sulfonamides is 1. The lowest BCUT2D eigenvalue weighted by atomic mass is 9.97. The van der Waals surface area contributed by atoms with Crippen molar-refractivity contribution in [3.05, 3.63) is 65.2 Å². The topological polar surface area (TPSA) is 95.6 Å². The summed E-state index contributed by atoms with van der Waals surface area (Å²) in [5, 5.41) is 6.24. The van der Waals surface area contributed by atoms with Crippen LogP contribution in [0.25, 0.3) is 0 Å². The number of nitrogens with zero attached hydrogens (tertiary/aromatic N) is 1.